The van der Waals surface area contributed by atoms with Crippen molar-refractivity contribution in [1.29, 1.82) is 0 Å². The quantitative estimate of drug-likeness (QED) is 0.751. The molecule has 0 bridgehead atoms. The lowest BCUT2D eigenvalue weighted by Gasteiger charge is -2.13. The zero-order chi connectivity index (χ0) is 11.3. The number of thiophene rings is 1. The van der Waals surface area contributed by atoms with E-state index in [9.17, 15) is 0 Å². The van der Waals surface area contributed by atoms with E-state index < -0.39 is 0 Å². The second-order valence-corrected chi connectivity index (χ2v) is 5.09. The van der Waals surface area contributed by atoms with Crippen molar-refractivity contribution >= 4 is 11.3 Å². The maximum Gasteiger partial charge on any atom is 0.0525 e. The molecule has 1 aromatic heterocycles. The normalized spacial score (nSPS) is 12.4. The molecule has 1 unspecified atom stereocenters. The first-order chi connectivity index (χ1) is 7.19. The summed E-state index contributed by atoms with van der Waals surface area (Å²) in [6.45, 7) is 7.52. The fourth-order valence-electron chi connectivity index (χ4n) is 1.48. The van der Waals surface area contributed by atoms with Crippen LogP contribution in [0.25, 0.3) is 0 Å². The molecule has 1 N–H and O–H groups in total. The van der Waals surface area contributed by atoms with E-state index in [-0.39, 0.29) is 0 Å². The van der Waals surface area contributed by atoms with Gasteiger partial charge in [0.15, 0.2) is 0 Å². The number of aryl methyl sites for hydroxylation is 2. The Hall–Kier alpha value is -0.780. The van der Waals surface area contributed by atoms with Crippen LogP contribution in [0.5, 0.6) is 0 Å². The van der Waals surface area contributed by atoms with E-state index in [0.717, 1.165) is 19.4 Å². The highest BCUT2D eigenvalue weighted by molar-refractivity contribution is 7.12. The monoisotopic (exact) mass is 221 g/mol. The van der Waals surface area contributed by atoms with Crippen LogP contribution in [0.2, 0.25) is 0 Å². The lowest BCUT2D eigenvalue weighted by atomic mass is 10.1. The van der Waals surface area contributed by atoms with Crippen molar-refractivity contribution in [2.45, 2.75) is 39.7 Å². The Morgan fingerprint density at radius 3 is 2.73 bits per heavy atom. The third-order valence-electron chi connectivity index (χ3n) is 2.49. The summed E-state index contributed by atoms with van der Waals surface area (Å²) in [6, 6.07) is 2.59. The molecule has 1 aromatic rings. The molecular formula is C13H19NS. The molecule has 0 radical (unpaired) electrons. The number of rotatable bonds is 5. The summed E-state index contributed by atoms with van der Waals surface area (Å²) in [4.78, 5) is 2.77. The fourth-order valence-corrected chi connectivity index (χ4v) is 2.60. The highest BCUT2D eigenvalue weighted by Crippen LogP contribution is 2.28. The molecule has 0 aliphatic heterocycles. The minimum Gasteiger partial charge on any atom is -0.308 e. The summed E-state index contributed by atoms with van der Waals surface area (Å²) >= 11 is 1.85. The molecule has 0 saturated heterocycles. The van der Waals surface area contributed by atoms with E-state index in [4.69, 9.17) is 6.42 Å². The molecule has 2 heteroatoms. The van der Waals surface area contributed by atoms with Gasteiger partial charge in [-0.25, -0.2) is 0 Å². The van der Waals surface area contributed by atoms with E-state index in [0.29, 0.717) is 6.04 Å². The second-order valence-electron chi connectivity index (χ2n) is 3.80. The average Bonchev–Trinajstić information content (AvgIpc) is 2.54. The topological polar surface area (TPSA) is 12.0 Å². The van der Waals surface area contributed by atoms with Gasteiger partial charge in [0.05, 0.1) is 6.04 Å². The van der Waals surface area contributed by atoms with Crippen LogP contribution in [-0.4, -0.2) is 6.54 Å². The van der Waals surface area contributed by atoms with Crippen molar-refractivity contribution in [2.75, 3.05) is 6.54 Å². The Labute approximate surface area is 96.9 Å². The molecule has 0 fully saturated rings. The Morgan fingerprint density at radius 2 is 2.27 bits per heavy atom. The minimum atomic E-state index is 0.340. The second kappa shape index (κ2) is 5.95. The molecular weight excluding hydrogens is 202 g/mol. The summed E-state index contributed by atoms with van der Waals surface area (Å²) in [5.74, 6) is 2.75. The molecule has 0 aliphatic rings. The van der Waals surface area contributed by atoms with Gasteiger partial charge < -0.3 is 5.32 Å². The van der Waals surface area contributed by atoms with Crippen molar-refractivity contribution < 1.29 is 0 Å². The van der Waals surface area contributed by atoms with Crippen molar-refractivity contribution in [2.24, 2.45) is 0 Å². The smallest absolute Gasteiger partial charge is 0.0525 e. The van der Waals surface area contributed by atoms with Crippen molar-refractivity contribution in [1.82, 2.24) is 5.32 Å². The number of nitrogens with one attached hydrogen (secondary N) is 1. The highest BCUT2D eigenvalue weighted by atomic mass is 32.1. The SMILES string of the molecule is C#CCC(NCCC)c1cc(C)c(C)s1. The Morgan fingerprint density at radius 1 is 1.53 bits per heavy atom. The Balaban J connectivity index is 2.75. The zero-order valence-electron chi connectivity index (χ0n) is 9.76. The predicted octanol–water partition coefficient (Wildman–Crippen LogP) is 3.43. The standard InChI is InChI=1S/C13H19NS/c1-5-7-12(14-8-6-2)13-9-10(3)11(4)15-13/h1,9,12,14H,6-8H2,2-4H3. The molecule has 15 heavy (non-hydrogen) atoms. The van der Waals surface area contributed by atoms with Crippen molar-refractivity contribution in [3.05, 3.63) is 21.4 Å². The third kappa shape index (κ3) is 3.37. The van der Waals surface area contributed by atoms with E-state index in [2.05, 4.69) is 38.1 Å². The molecule has 1 atom stereocenters. The van der Waals surface area contributed by atoms with Crippen LogP contribution < -0.4 is 5.32 Å². The summed E-state index contributed by atoms with van der Waals surface area (Å²) in [6.07, 6.45) is 7.32. The summed E-state index contributed by atoms with van der Waals surface area (Å²) < 4.78 is 0. The first-order valence-corrected chi connectivity index (χ1v) is 6.24. The van der Waals surface area contributed by atoms with E-state index in [1.54, 1.807) is 0 Å². The van der Waals surface area contributed by atoms with Gasteiger partial charge in [-0.15, -0.1) is 23.7 Å². The molecule has 0 aromatic carbocycles. The highest BCUT2D eigenvalue weighted by Gasteiger charge is 2.12. The van der Waals surface area contributed by atoms with Gasteiger partial charge in [0.1, 0.15) is 0 Å². The van der Waals surface area contributed by atoms with Gasteiger partial charge in [-0.3, -0.25) is 0 Å². The van der Waals surface area contributed by atoms with Crippen LogP contribution in [0, 0.1) is 26.2 Å². The lowest BCUT2D eigenvalue weighted by Crippen LogP contribution is -2.20. The van der Waals surface area contributed by atoms with Crippen molar-refractivity contribution in [3.63, 3.8) is 0 Å². The molecule has 0 saturated carbocycles. The first kappa shape index (κ1) is 12.3. The van der Waals surface area contributed by atoms with Gasteiger partial charge in [0, 0.05) is 16.2 Å². The number of hydrogen-bond donors (Lipinski definition) is 1. The van der Waals surface area contributed by atoms with Gasteiger partial charge in [-0.1, -0.05) is 6.92 Å². The minimum absolute atomic E-state index is 0.340. The molecule has 0 amide bonds. The van der Waals surface area contributed by atoms with Gasteiger partial charge >= 0.3 is 0 Å². The van der Waals surface area contributed by atoms with Crippen LogP contribution in [0.4, 0.5) is 0 Å². The van der Waals surface area contributed by atoms with Gasteiger partial charge in [0.25, 0.3) is 0 Å². The van der Waals surface area contributed by atoms with Crippen LogP contribution in [-0.2, 0) is 0 Å². The fraction of sp³-hybridized carbons (Fsp3) is 0.538. The van der Waals surface area contributed by atoms with E-state index >= 15 is 0 Å². The summed E-state index contributed by atoms with van der Waals surface area (Å²) in [7, 11) is 0. The number of terminal acetylenes is 1. The van der Waals surface area contributed by atoms with Crippen LogP contribution >= 0.6 is 11.3 Å². The predicted molar refractivity (Wildman–Crippen MR) is 68.3 cm³/mol. The maximum atomic E-state index is 5.40. The Kier molecular flexibility index (Phi) is 4.87. The Bertz CT molecular complexity index is 326. The lowest BCUT2D eigenvalue weighted by molar-refractivity contribution is 0.550. The third-order valence-corrected chi connectivity index (χ3v) is 3.76. The summed E-state index contributed by atoms with van der Waals surface area (Å²) in [5, 5.41) is 3.50. The van der Waals surface area contributed by atoms with Gasteiger partial charge in [-0.2, -0.15) is 0 Å². The molecule has 0 spiro atoms. The van der Waals surface area contributed by atoms with E-state index in [1.165, 1.54) is 15.3 Å². The zero-order valence-corrected chi connectivity index (χ0v) is 10.6. The maximum absolute atomic E-state index is 5.40. The number of hydrogen-bond acceptors (Lipinski definition) is 2. The summed E-state index contributed by atoms with van der Waals surface area (Å²) in [5.41, 5.74) is 1.37. The van der Waals surface area contributed by atoms with Crippen LogP contribution in [0.15, 0.2) is 6.07 Å². The average molecular weight is 221 g/mol. The van der Waals surface area contributed by atoms with Crippen molar-refractivity contribution in [3.8, 4) is 12.3 Å². The molecule has 1 nitrogen and oxygen atoms in total. The molecule has 0 aliphatic carbocycles. The van der Waals surface area contributed by atoms with Gasteiger partial charge in [0.2, 0.25) is 0 Å². The molecule has 1 rings (SSSR count). The van der Waals surface area contributed by atoms with Gasteiger partial charge in [-0.05, 0) is 38.4 Å². The molecule has 1 heterocycles. The first-order valence-electron chi connectivity index (χ1n) is 5.42. The van der Waals surface area contributed by atoms with Crippen LogP contribution in [0.1, 0.15) is 41.1 Å². The largest absolute Gasteiger partial charge is 0.308 e. The van der Waals surface area contributed by atoms with Crippen LogP contribution in [0.3, 0.4) is 0 Å². The molecule has 82 valence electrons. The van der Waals surface area contributed by atoms with E-state index in [1.807, 2.05) is 11.3 Å².